The van der Waals surface area contributed by atoms with Gasteiger partial charge in [0.2, 0.25) is 5.91 Å². The van der Waals surface area contributed by atoms with Crippen molar-refractivity contribution in [1.82, 2.24) is 4.98 Å². The van der Waals surface area contributed by atoms with E-state index < -0.39 is 6.10 Å². The third kappa shape index (κ3) is 4.65. The van der Waals surface area contributed by atoms with Gasteiger partial charge in [-0.2, -0.15) is 0 Å². The Kier molecular flexibility index (Phi) is 6.53. The van der Waals surface area contributed by atoms with Crippen molar-refractivity contribution >= 4 is 29.1 Å². The third-order valence-corrected chi connectivity index (χ3v) is 5.42. The van der Waals surface area contributed by atoms with E-state index in [1.165, 1.54) is 4.90 Å². The average molecular weight is 425 g/mol. The van der Waals surface area contributed by atoms with Gasteiger partial charge in [0.15, 0.2) is 17.7 Å². The Balaban J connectivity index is 1.93. The Morgan fingerprint density at radius 3 is 2.26 bits per heavy atom. The molecule has 0 aliphatic carbocycles. The number of fused-ring (bicyclic) bond motifs is 1. The van der Waals surface area contributed by atoms with Crippen LogP contribution in [0.1, 0.15) is 64.5 Å². The second-order valence-electron chi connectivity index (χ2n) is 8.93. The second-order valence-corrected chi connectivity index (χ2v) is 8.93. The summed E-state index contributed by atoms with van der Waals surface area (Å²) in [6.07, 6.45) is -0.681. The Hall–Kier alpha value is -3.09. The smallest absolute Gasteiger partial charge is 0.270 e. The Labute approximate surface area is 184 Å². The minimum Gasteiger partial charge on any atom is -0.476 e. The van der Waals surface area contributed by atoms with E-state index in [0.717, 1.165) is 16.8 Å². The highest BCUT2D eigenvalue weighted by atomic mass is 16.5. The lowest BCUT2D eigenvalue weighted by Crippen LogP contribution is -2.51. The molecule has 0 saturated carbocycles. The topological polar surface area (TPSA) is 97.5 Å². The number of rotatable bonds is 6. The fraction of sp³-hybridized carbons (Fsp3) is 0.458. The molecule has 7 heteroatoms. The van der Waals surface area contributed by atoms with Gasteiger partial charge >= 0.3 is 0 Å². The standard InChI is InChI=1S/C24H32N4O3/c1-13(2)16-8-7-9-17(14(3)4)21(16)27-20(29)12-28-23-18(10-11-19(25)26-23)31-22(15(5)6)24(28)30/h7-11,13-15,22H,12H2,1-6H3,(H2,25,26)(H,27,29). The molecule has 7 nitrogen and oxygen atoms in total. The molecule has 3 N–H and O–H groups in total. The van der Waals surface area contributed by atoms with Crippen LogP contribution >= 0.6 is 0 Å². The molecule has 0 saturated heterocycles. The number of carbonyl (C=O) groups excluding carboxylic acids is 2. The van der Waals surface area contributed by atoms with Crippen molar-refractivity contribution in [3.05, 3.63) is 41.5 Å². The molecule has 1 aromatic heterocycles. The first-order valence-electron chi connectivity index (χ1n) is 10.8. The third-order valence-electron chi connectivity index (χ3n) is 5.42. The lowest BCUT2D eigenvalue weighted by Gasteiger charge is -2.34. The van der Waals surface area contributed by atoms with Crippen LogP contribution in [-0.2, 0) is 9.59 Å². The number of aromatic nitrogens is 1. The van der Waals surface area contributed by atoms with Gasteiger partial charge in [0, 0.05) is 5.69 Å². The second kappa shape index (κ2) is 8.96. The predicted octanol–water partition coefficient (Wildman–Crippen LogP) is 4.30. The number of nitrogen functional groups attached to an aromatic ring is 1. The van der Waals surface area contributed by atoms with Gasteiger partial charge in [0.05, 0.1) is 0 Å². The molecule has 1 unspecified atom stereocenters. The van der Waals surface area contributed by atoms with E-state index >= 15 is 0 Å². The van der Waals surface area contributed by atoms with Crippen LogP contribution in [0.15, 0.2) is 30.3 Å². The normalized spacial score (nSPS) is 16.0. The summed E-state index contributed by atoms with van der Waals surface area (Å²) in [6.45, 7) is 12.0. The zero-order valence-electron chi connectivity index (χ0n) is 19.1. The zero-order chi connectivity index (χ0) is 22.9. The number of nitrogens with two attached hydrogens (primary N) is 1. The molecule has 1 atom stereocenters. The number of hydrogen-bond donors (Lipinski definition) is 2. The lowest BCUT2D eigenvalue weighted by molar-refractivity contribution is -0.129. The van der Waals surface area contributed by atoms with E-state index in [1.54, 1.807) is 12.1 Å². The van der Waals surface area contributed by atoms with Gasteiger partial charge in [-0.3, -0.25) is 14.5 Å². The molecule has 1 aliphatic heterocycles. The molecule has 0 fully saturated rings. The van der Waals surface area contributed by atoms with Crippen LogP contribution in [0.3, 0.4) is 0 Å². The fourth-order valence-corrected chi connectivity index (χ4v) is 3.77. The van der Waals surface area contributed by atoms with Gasteiger partial charge in [-0.15, -0.1) is 0 Å². The quantitative estimate of drug-likeness (QED) is 0.720. The van der Waals surface area contributed by atoms with E-state index in [0.29, 0.717) is 5.75 Å². The molecule has 1 aliphatic rings. The van der Waals surface area contributed by atoms with Crippen LogP contribution in [0.4, 0.5) is 17.3 Å². The summed E-state index contributed by atoms with van der Waals surface area (Å²) in [5.41, 5.74) is 8.79. The molecule has 0 bridgehead atoms. The number of nitrogens with one attached hydrogen (secondary N) is 1. The van der Waals surface area contributed by atoms with Crippen LogP contribution in [0.5, 0.6) is 5.75 Å². The number of benzene rings is 1. The van der Waals surface area contributed by atoms with Crippen LogP contribution in [0, 0.1) is 5.92 Å². The maximum Gasteiger partial charge on any atom is 0.270 e. The summed E-state index contributed by atoms with van der Waals surface area (Å²) in [6, 6.07) is 9.38. The largest absolute Gasteiger partial charge is 0.476 e. The number of anilines is 3. The number of para-hydroxylation sites is 1. The van der Waals surface area contributed by atoms with Crippen molar-refractivity contribution in [2.24, 2.45) is 5.92 Å². The fourth-order valence-electron chi connectivity index (χ4n) is 3.77. The Morgan fingerprint density at radius 1 is 1.10 bits per heavy atom. The summed E-state index contributed by atoms with van der Waals surface area (Å²) < 4.78 is 5.85. The number of carbonyl (C=O) groups is 2. The molecule has 0 radical (unpaired) electrons. The molecule has 3 rings (SSSR count). The molecule has 31 heavy (non-hydrogen) atoms. The predicted molar refractivity (Wildman–Crippen MR) is 124 cm³/mol. The maximum absolute atomic E-state index is 13.1. The number of ether oxygens (including phenoxy) is 1. The van der Waals surface area contributed by atoms with Crippen LogP contribution < -0.4 is 20.7 Å². The first-order valence-corrected chi connectivity index (χ1v) is 10.8. The van der Waals surface area contributed by atoms with Gasteiger partial charge in [-0.25, -0.2) is 4.98 Å². The summed E-state index contributed by atoms with van der Waals surface area (Å²) >= 11 is 0. The molecular weight excluding hydrogens is 392 g/mol. The molecule has 2 aromatic rings. The molecule has 166 valence electrons. The SMILES string of the molecule is CC(C)c1cccc(C(C)C)c1NC(=O)CN1C(=O)C(C(C)C)Oc2ccc(N)nc21. The van der Waals surface area contributed by atoms with Gasteiger partial charge in [-0.1, -0.05) is 59.7 Å². The monoisotopic (exact) mass is 424 g/mol. The van der Waals surface area contributed by atoms with Gasteiger partial charge in [0.1, 0.15) is 12.4 Å². The van der Waals surface area contributed by atoms with E-state index in [2.05, 4.69) is 38.0 Å². The van der Waals surface area contributed by atoms with Gasteiger partial charge in [0.25, 0.3) is 5.91 Å². The van der Waals surface area contributed by atoms with Gasteiger partial charge < -0.3 is 15.8 Å². The minimum atomic E-state index is -0.681. The van der Waals surface area contributed by atoms with Crippen molar-refractivity contribution in [2.75, 3.05) is 22.5 Å². The zero-order valence-corrected chi connectivity index (χ0v) is 19.1. The highest BCUT2D eigenvalue weighted by Crippen LogP contribution is 2.35. The number of nitrogens with zero attached hydrogens (tertiary/aromatic N) is 2. The van der Waals surface area contributed by atoms with E-state index in [1.807, 2.05) is 32.0 Å². The highest BCUT2D eigenvalue weighted by Gasteiger charge is 2.38. The average Bonchev–Trinajstić information content (AvgIpc) is 2.69. The van der Waals surface area contributed by atoms with Crippen molar-refractivity contribution in [1.29, 1.82) is 0 Å². The van der Waals surface area contributed by atoms with Crippen molar-refractivity contribution in [2.45, 2.75) is 59.5 Å². The molecule has 2 heterocycles. The Bertz CT molecular complexity index is 959. The Morgan fingerprint density at radius 2 is 1.71 bits per heavy atom. The number of amides is 2. The number of pyridine rings is 1. The summed E-state index contributed by atoms with van der Waals surface area (Å²) in [7, 11) is 0. The summed E-state index contributed by atoms with van der Waals surface area (Å²) in [4.78, 5) is 31.9. The molecular formula is C24H32N4O3. The first-order chi connectivity index (χ1) is 14.6. The summed E-state index contributed by atoms with van der Waals surface area (Å²) in [5, 5.41) is 3.07. The van der Waals surface area contributed by atoms with Crippen LogP contribution in [0.2, 0.25) is 0 Å². The van der Waals surface area contributed by atoms with E-state index in [4.69, 9.17) is 10.5 Å². The van der Waals surface area contributed by atoms with E-state index in [9.17, 15) is 9.59 Å². The van der Waals surface area contributed by atoms with Gasteiger partial charge in [-0.05, 0) is 41.0 Å². The van der Waals surface area contributed by atoms with E-state index in [-0.39, 0.29) is 47.7 Å². The number of hydrogen-bond acceptors (Lipinski definition) is 5. The summed E-state index contributed by atoms with van der Waals surface area (Å²) in [5.74, 6) is 0.829. The molecule has 2 amide bonds. The van der Waals surface area contributed by atoms with Crippen LogP contribution in [0.25, 0.3) is 0 Å². The highest BCUT2D eigenvalue weighted by molar-refractivity contribution is 6.06. The first kappa shape index (κ1) is 22.6. The maximum atomic E-state index is 13.1. The van der Waals surface area contributed by atoms with Crippen LogP contribution in [-0.4, -0.2) is 29.4 Å². The van der Waals surface area contributed by atoms with Crippen molar-refractivity contribution in [3.63, 3.8) is 0 Å². The van der Waals surface area contributed by atoms with Crippen molar-refractivity contribution < 1.29 is 14.3 Å². The lowest BCUT2D eigenvalue weighted by atomic mass is 9.92. The van der Waals surface area contributed by atoms with Crippen molar-refractivity contribution in [3.8, 4) is 5.75 Å². The minimum absolute atomic E-state index is 0.0574. The molecule has 1 aromatic carbocycles. The molecule has 0 spiro atoms.